The highest BCUT2D eigenvalue weighted by atomic mass is 32.2. The van der Waals surface area contributed by atoms with Crippen molar-refractivity contribution >= 4 is 27.5 Å². The predicted molar refractivity (Wildman–Crippen MR) is 109 cm³/mol. The average molecular weight is 396 g/mol. The van der Waals surface area contributed by atoms with Crippen molar-refractivity contribution in [2.24, 2.45) is 7.05 Å². The van der Waals surface area contributed by atoms with E-state index >= 15 is 0 Å². The average Bonchev–Trinajstić information content (AvgIpc) is 3.07. The maximum absolute atomic E-state index is 12.2. The van der Waals surface area contributed by atoms with Crippen LogP contribution in [0.5, 0.6) is 0 Å². The van der Waals surface area contributed by atoms with Crippen molar-refractivity contribution in [3.8, 4) is 11.1 Å². The van der Waals surface area contributed by atoms with Crippen LogP contribution < -0.4 is 5.32 Å². The second-order valence-corrected chi connectivity index (χ2v) is 8.60. The summed E-state index contributed by atoms with van der Waals surface area (Å²) >= 11 is 0. The molecule has 8 heteroatoms. The van der Waals surface area contributed by atoms with E-state index in [1.165, 1.54) is 12.3 Å². The highest BCUT2D eigenvalue weighted by Gasteiger charge is 2.07. The van der Waals surface area contributed by atoms with Gasteiger partial charge in [0.05, 0.1) is 11.9 Å². The highest BCUT2D eigenvalue weighted by molar-refractivity contribution is 7.89. The number of carbonyl (C=O) groups excluding carboxylic acids is 1. The summed E-state index contributed by atoms with van der Waals surface area (Å²) < 4.78 is 24.4. The van der Waals surface area contributed by atoms with Crippen LogP contribution in [0, 0.1) is 0 Å². The minimum Gasteiger partial charge on any atom is -0.323 e. The molecule has 0 atom stereocenters. The van der Waals surface area contributed by atoms with Crippen molar-refractivity contribution in [2.45, 2.75) is 5.75 Å². The van der Waals surface area contributed by atoms with Crippen molar-refractivity contribution in [3.63, 3.8) is 0 Å². The maximum Gasteiger partial charge on any atom is 0.248 e. The molecule has 0 saturated carbocycles. The predicted octanol–water partition coefficient (Wildman–Crippen LogP) is 2.68. The van der Waals surface area contributed by atoms with Gasteiger partial charge >= 0.3 is 0 Å². The largest absolute Gasteiger partial charge is 0.323 e. The van der Waals surface area contributed by atoms with Crippen molar-refractivity contribution in [1.82, 2.24) is 14.8 Å². The van der Waals surface area contributed by atoms with E-state index in [9.17, 15) is 13.2 Å². The smallest absolute Gasteiger partial charge is 0.248 e. The first-order valence-electron chi connectivity index (χ1n) is 8.49. The summed E-state index contributed by atoms with van der Waals surface area (Å²) in [6.45, 7) is 0. The SMILES string of the molecule is Cn1cc(-c2ccncc2C=CC(=O)Nc2ccc(CS(C)(=O)=O)cc2)cn1. The molecule has 1 amide bonds. The monoisotopic (exact) mass is 396 g/mol. The fraction of sp³-hybridized carbons (Fsp3) is 0.150. The summed E-state index contributed by atoms with van der Waals surface area (Å²) in [4.78, 5) is 16.3. The Hall–Kier alpha value is -3.26. The highest BCUT2D eigenvalue weighted by Crippen LogP contribution is 2.23. The minimum absolute atomic E-state index is 0.0285. The van der Waals surface area contributed by atoms with Gasteiger partial charge in [0.25, 0.3) is 0 Å². The van der Waals surface area contributed by atoms with Gasteiger partial charge in [-0.3, -0.25) is 14.5 Å². The van der Waals surface area contributed by atoms with E-state index in [-0.39, 0.29) is 11.7 Å². The van der Waals surface area contributed by atoms with Gasteiger partial charge in [-0.1, -0.05) is 12.1 Å². The molecule has 1 aromatic carbocycles. The molecule has 0 radical (unpaired) electrons. The van der Waals surface area contributed by atoms with E-state index in [0.29, 0.717) is 11.3 Å². The number of rotatable bonds is 6. The van der Waals surface area contributed by atoms with E-state index in [0.717, 1.165) is 16.7 Å². The third-order valence-corrected chi connectivity index (χ3v) is 4.79. The van der Waals surface area contributed by atoms with Crippen LogP contribution in [0.2, 0.25) is 0 Å². The standard InChI is InChI=1S/C20H20N4O3S/c1-24-13-17(12-22-24)19-9-10-21-11-16(19)5-8-20(25)23-18-6-3-15(4-7-18)14-28(2,26)27/h3-13H,14H2,1-2H3,(H,23,25). The molecule has 2 heterocycles. The van der Waals surface area contributed by atoms with Gasteiger partial charge < -0.3 is 5.32 Å². The van der Waals surface area contributed by atoms with Gasteiger partial charge in [-0.2, -0.15) is 5.10 Å². The van der Waals surface area contributed by atoms with Crippen LogP contribution in [0.4, 0.5) is 5.69 Å². The van der Waals surface area contributed by atoms with E-state index in [1.807, 2.05) is 19.3 Å². The Morgan fingerprint density at radius 3 is 2.57 bits per heavy atom. The Bertz CT molecular complexity index is 1120. The lowest BCUT2D eigenvalue weighted by atomic mass is 10.0. The molecule has 7 nitrogen and oxygen atoms in total. The number of anilines is 1. The molecule has 3 aromatic rings. The first kappa shape index (κ1) is 19.5. The van der Waals surface area contributed by atoms with Gasteiger partial charge in [-0.05, 0) is 35.4 Å². The molecular formula is C20H20N4O3S. The molecule has 0 aliphatic rings. The number of sulfone groups is 1. The third-order valence-electron chi connectivity index (χ3n) is 3.93. The summed E-state index contributed by atoms with van der Waals surface area (Å²) in [7, 11) is -1.25. The Balaban J connectivity index is 1.69. The number of amides is 1. The molecule has 0 aliphatic carbocycles. The lowest BCUT2D eigenvalue weighted by molar-refractivity contribution is -0.111. The Kier molecular flexibility index (Phi) is 5.70. The molecular weight excluding hydrogens is 376 g/mol. The topological polar surface area (TPSA) is 94.0 Å². The van der Waals surface area contributed by atoms with E-state index in [1.54, 1.807) is 53.6 Å². The molecule has 28 heavy (non-hydrogen) atoms. The fourth-order valence-electron chi connectivity index (χ4n) is 2.70. The zero-order valence-electron chi connectivity index (χ0n) is 15.5. The fourth-order valence-corrected chi connectivity index (χ4v) is 3.50. The molecule has 0 spiro atoms. The lowest BCUT2D eigenvalue weighted by Gasteiger charge is -2.05. The maximum atomic E-state index is 12.2. The molecule has 144 valence electrons. The van der Waals surface area contributed by atoms with Crippen molar-refractivity contribution < 1.29 is 13.2 Å². The van der Waals surface area contributed by atoms with Gasteiger partial charge in [-0.15, -0.1) is 0 Å². The number of pyridine rings is 1. The molecule has 3 rings (SSSR count). The van der Waals surface area contributed by atoms with Crippen molar-refractivity contribution in [1.29, 1.82) is 0 Å². The lowest BCUT2D eigenvalue weighted by Crippen LogP contribution is -2.08. The van der Waals surface area contributed by atoms with Crippen LogP contribution in [0.15, 0.2) is 61.2 Å². The summed E-state index contributed by atoms with van der Waals surface area (Å²) in [5.41, 5.74) is 3.93. The summed E-state index contributed by atoms with van der Waals surface area (Å²) in [6.07, 6.45) is 11.3. The van der Waals surface area contributed by atoms with Crippen LogP contribution in [-0.4, -0.2) is 35.3 Å². The molecule has 0 bridgehead atoms. The normalized spacial score (nSPS) is 11.6. The number of aromatic nitrogens is 3. The zero-order valence-corrected chi connectivity index (χ0v) is 16.3. The van der Waals surface area contributed by atoms with Crippen molar-refractivity contribution in [2.75, 3.05) is 11.6 Å². The molecule has 0 fully saturated rings. The molecule has 2 aromatic heterocycles. The number of carbonyl (C=O) groups is 1. The van der Waals surface area contributed by atoms with Crippen LogP contribution >= 0.6 is 0 Å². The number of hydrogen-bond acceptors (Lipinski definition) is 5. The number of benzene rings is 1. The second-order valence-electron chi connectivity index (χ2n) is 6.46. The molecule has 1 N–H and O–H groups in total. The van der Waals surface area contributed by atoms with E-state index < -0.39 is 9.84 Å². The first-order valence-corrected chi connectivity index (χ1v) is 10.5. The van der Waals surface area contributed by atoms with E-state index in [4.69, 9.17) is 0 Å². The molecule has 0 aliphatic heterocycles. The number of nitrogens with zero attached hydrogens (tertiary/aromatic N) is 3. The Morgan fingerprint density at radius 1 is 1.18 bits per heavy atom. The van der Waals surface area contributed by atoms with Crippen LogP contribution in [0.3, 0.4) is 0 Å². The summed E-state index contributed by atoms with van der Waals surface area (Å²) in [6, 6.07) is 8.59. The van der Waals surface area contributed by atoms with Gasteiger partial charge in [0.2, 0.25) is 5.91 Å². The summed E-state index contributed by atoms with van der Waals surface area (Å²) in [5.74, 6) is -0.323. The molecule has 0 saturated heterocycles. The third kappa shape index (κ3) is 5.37. The van der Waals surface area contributed by atoms with Crippen molar-refractivity contribution in [3.05, 3.63) is 72.3 Å². The van der Waals surface area contributed by atoms with E-state index in [2.05, 4.69) is 15.4 Å². The number of hydrogen-bond donors (Lipinski definition) is 1. The van der Waals surface area contributed by atoms with Gasteiger partial charge in [-0.25, -0.2) is 8.42 Å². The van der Waals surface area contributed by atoms with Gasteiger partial charge in [0, 0.05) is 54.8 Å². The Morgan fingerprint density at radius 2 is 1.93 bits per heavy atom. The minimum atomic E-state index is -3.09. The molecule has 0 unspecified atom stereocenters. The first-order chi connectivity index (χ1) is 13.3. The quantitative estimate of drug-likeness (QED) is 0.647. The zero-order chi connectivity index (χ0) is 20.1. The second kappa shape index (κ2) is 8.18. The van der Waals surface area contributed by atoms with Gasteiger partial charge in [0.15, 0.2) is 9.84 Å². The number of nitrogens with one attached hydrogen (secondary N) is 1. The van der Waals surface area contributed by atoms with Crippen LogP contribution in [0.1, 0.15) is 11.1 Å². The van der Waals surface area contributed by atoms with Gasteiger partial charge in [0.1, 0.15) is 0 Å². The Labute approximate surface area is 163 Å². The number of aryl methyl sites for hydroxylation is 1. The summed E-state index contributed by atoms with van der Waals surface area (Å²) in [5, 5.41) is 6.92. The van der Waals surface area contributed by atoms with Crippen LogP contribution in [0.25, 0.3) is 17.2 Å². The van der Waals surface area contributed by atoms with Crippen LogP contribution in [-0.2, 0) is 27.4 Å².